The van der Waals surface area contributed by atoms with Gasteiger partial charge in [0.1, 0.15) is 11.3 Å². The third-order valence-electron chi connectivity index (χ3n) is 2.07. The Hall–Kier alpha value is -1.78. The predicted octanol–water partition coefficient (Wildman–Crippen LogP) is 1.30. The third kappa shape index (κ3) is 2.42. The Labute approximate surface area is 93.0 Å². The molecule has 5 nitrogen and oxygen atoms in total. The zero-order valence-electron chi connectivity index (χ0n) is 9.61. The van der Waals surface area contributed by atoms with Crippen molar-refractivity contribution in [2.75, 3.05) is 0 Å². The van der Waals surface area contributed by atoms with Gasteiger partial charge in [0.15, 0.2) is 5.65 Å². The van der Waals surface area contributed by atoms with Gasteiger partial charge in [-0.3, -0.25) is 4.79 Å². The highest BCUT2D eigenvalue weighted by molar-refractivity contribution is 5.67. The Morgan fingerprint density at radius 1 is 1.25 bits per heavy atom. The second kappa shape index (κ2) is 3.66. The zero-order chi connectivity index (χ0) is 11.8. The number of hydrogen-bond acceptors (Lipinski definition) is 4. The van der Waals surface area contributed by atoms with Crippen molar-refractivity contribution in [2.24, 2.45) is 5.41 Å². The molecule has 2 aromatic rings. The van der Waals surface area contributed by atoms with Crippen LogP contribution in [0.15, 0.2) is 17.2 Å². The second-order valence-electron chi connectivity index (χ2n) is 5.00. The Kier molecular flexibility index (Phi) is 2.46. The minimum atomic E-state index is -0.243. The van der Waals surface area contributed by atoms with Crippen molar-refractivity contribution < 1.29 is 0 Å². The topological polar surface area (TPSA) is 71.5 Å². The lowest BCUT2D eigenvalue weighted by atomic mass is 9.92. The molecule has 0 fully saturated rings. The van der Waals surface area contributed by atoms with Crippen LogP contribution in [0, 0.1) is 5.41 Å². The van der Waals surface area contributed by atoms with Gasteiger partial charge in [0.2, 0.25) is 0 Å². The van der Waals surface area contributed by atoms with E-state index in [0.717, 1.165) is 12.2 Å². The first-order valence-electron chi connectivity index (χ1n) is 5.15. The van der Waals surface area contributed by atoms with Gasteiger partial charge in [-0.2, -0.15) is 0 Å². The summed E-state index contributed by atoms with van der Waals surface area (Å²) in [6.07, 6.45) is 3.63. The summed E-state index contributed by atoms with van der Waals surface area (Å²) in [5.41, 5.74) is 0.989. The summed E-state index contributed by atoms with van der Waals surface area (Å²) in [6.45, 7) is 6.35. The van der Waals surface area contributed by atoms with E-state index in [9.17, 15) is 4.79 Å². The summed E-state index contributed by atoms with van der Waals surface area (Å²) in [5, 5.41) is 0. The standard InChI is InChI=1S/C11H14N4O/c1-11(2,3)4-8-13-5-7-10(14-8)15-9(16)6-12-7/h5-6H,4H2,1-3H3,(H,13,14,15,16). The minimum Gasteiger partial charge on any atom is -0.304 e. The van der Waals surface area contributed by atoms with Gasteiger partial charge in [-0.25, -0.2) is 15.0 Å². The van der Waals surface area contributed by atoms with Crippen molar-refractivity contribution in [2.45, 2.75) is 27.2 Å². The normalized spacial score (nSPS) is 11.9. The minimum absolute atomic E-state index is 0.121. The van der Waals surface area contributed by atoms with Crippen LogP contribution in [0.5, 0.6) is 0 Å². The molecule has 0 atom stereocenters. The number of aromatic nitrogens is 4. The summed E-state index contributed by atoms with van der Waals surface area (Å²) < 4.78 is 0. The van der Waals surface area contributed by atoms with Crippen LogP contribution in [0.3, 0.4) is 0 Å². The molecule has 0 saturated heterocycles. The van der Waals surface area contributed by atoms with Gasteiger partial charge in [-0.15, -0.1) is 0 Å². The van der Waals surface area contributed by atoms with Crippen LogP contribution in [0.25, 0.3) is 11.2 Å². The highest BCUT2D eigenvalue weighted by Gasteiger charge is 2.13. The van der Waals surface area contributed by atoms with Crippen LogP contribution in [0.2, 0.25) is 0 Å². The lowest BCUT2D eigenvalue weighted by molar-refractivity contribution is 0.401. The molecule has 0 saturated carbocycles. The number of H-pyrrole nitrogens is 1. The number of hydrogen-bond donors (Lipinski definition) is 1. The Bertz CT molecular complexity index is 568. The first kappa shape index (κ1) is 10.7. The van der Waals surface area contributed by atoms with Crippen molar-refractivity contribution in [3.05, 3.63) is 28.6 Å². The highest BCUT2D eigenvalue weighted by atomic mass is 16.1. The quantitative estimate of drug-likeness (QED) is 0.783. The van der Waals surface area contributed by atoms with Gasteiger partial charge >= 0.3 is 0 Å². The molecular weight excluding hydrogens is 204 g/mol. The van der Waals surface area contributed by atoms with Gasteiger partial charge in [-0.1, -0.05) is 20.8 Å². The van der Waals surface area contributed by atoms with Crippen molar-refractivity contribution in [1.29, 1.82) is 0 Å². The van der Waals surface area contributed by atoms with Crippen molar-refractivity contribution in [1.82, 2.24) is 19.9 Å². The number of nitrogens with zero attached hydrogens (tertiary/aromatic N) is 3. The summed E-state index contributed by atoms with van der Waals surface area (Å²) in [6, 6.07) is 0. The van der Waals surface area contributed by atoms with Crippen LogP contribution in [-0.2, 0) is 6.42 Å². The molecule has 0 bridgehead atoms. The van der Waals surface area contributed by atoms with E-state index in [1.165, 1.54) is 6.20 Å². The molecule has 0 amide bonds. The molecule has 0 unspecified atom stereocenters. The molecular formula is C11H14N4O. The molecule has 5 heteroatoms. The van der Waals surface area contributed by atoms with Gasteiger partial charge in [0.25, 0.3) is 5.56 Å². The molecule has 16 heavy (non-hydrogen) atoms. The van der Waals surface area contributed by atoms with E-state index in [1.54, 1.807) is 6.20 Å². The van der Waals surface area contributed by atoms with Gasteiger partial charge in [-0.05, 0) is 5.41 Å². The van der Waals surface area contributed by atoms with Crippen LogP contribution in [0.4, 0.5) is 0 Å². The van der Waals surface area contributed by atoms with Gasteiger partial charge in [0.05, 0.1) is 12.4 Å². The Morgan fingerprint density at radius 2 is 2.00 bits per heavy atom. The number of aromatic amines is 1. The molecule has 2 aromatic heterocycles. The largest absolute Gasteiger partial charge is 0.304 e. The molecule has 2 rings (SSSR count). The van der Waals surface area contributed by atoms with E-state index < -0.39 is 0 Å². The fourth-order valence-electron chi connectivity index (χ4n) is 1.44. The van der Waals surface area contributed by atoms with E-state index in [0.29, 0.717) is 11.2 Å². The van der Waals surface area contributed by atoms with Crippen LogP contribution >= 0.6 is 0 Å². The number of fused-ring (bicyclic) bond motifs is 1. The van der Waals surface area contributed by atoms with E-state index in [4.69, 9.17) is 0 Å². The Balaban J connectivity index is 2.47. The summed E-state index contributed by atoms with van der Waals surface area (Å²) in [5.74, 6) is 0.726. The summed E-state index contributed by atoms with van der Waals surface area (Å²) in [4.78, 5) is 26.2. The molecule has 0 aliphatic rings. The molecule has 1 N–H and O–H groups in total. The fourth-order valence-corrected chi connectivity index (χ4v) is 1.44. The van der Waals surface area contributed by atoms with Crippen LogP contribution < -0.4 is 5.56 Å². The Morgan fingerprint density at radius 3 is 2.69 bits per heavy atom. The first-order chi connectivity index (χ1) is 7.44. The maximum Gasteiger partial charge on any atom is 0.268 e. The lowest BCUT2D eigenvalue weighted by Crippen LogP contribution is -2.13. The average molecular weight is 218 g/mol. The van der Waals surface area contributed by atoms with E-state index in [2.05, 4.69) is 40.7 Å². The van der Waals surface area contributed by atoms with Crippen molar-refractivity contribution >= 4 is 11.2 Å². The maximum absolute atomic E-state index is 11.1. The summed E-state index contributed by atoms with van der Waals surface area (Å²) >= 11 is 0. The van der Waals surface area contributed by atoms with Gasteiger partial charge < -0.3 is 4.98 Å². The fraction of sp³-hybridized carbons (Fsp3) is 0.455. The maximum atomic E-state index is 11.1. The molecule has 0 aliphatic heterocycles. The first-order valence-corrected chi connectivity index (χ1v) is 5.15. The average Bonchev–Trinajstić information content (AvgIpc) is 2.14. The van der Waals surface area contributed by atoms with E-state index >= 15 is 0 Å². The van der Waals surface area contributed by atoms with E-state index in [1.807, 2.05) is 0 Å². The van der Waals surface area contributed by atoms with Crippen LogP contribution in [-0.4, -0.2) is 19.9 Å². The predicted molar refractivity (Wildman–Crippen MR) is 61.1 cm³/mol. The molecule has 0 radical (unpaired) electrons. The molecule has 0 aliphatic carbocycles. The molecule has 0 spiro atoms. The monoisotopic (exact) mass is 218 g/mol. The zero-order valence-corrected chi connectivity index (χ0v) is 9.61. The molecule has 84 valence electrons. The third-order valence-corrected chi connectivity index (χ3v) is 2.07. The molecule has 2 heterocycles. The number of rotatable bonds is 1. The summed E-state index contributed by atoms with van der Waals surface area (Å²) in [7, 11) is 0. The lowest BCUT2D eigenvalue weighted by Gasteiger charge is -2.16. The molecule has 0 aromatic carbocycles. The SMILES string of the molecule is CC(C)(C)Cc1ncc2ncc(=O)[nH]c2n1. The highest BCUT2D eigenvalue weighted by Crippen LogP contribution is 2.18. The van der Waals surface area contributed by atoms with Gasteiger partial charge in [0, 0.05) is 6.42 Å². The van der Waals surface area contributed by atoms with Crippen LogP contribution in [0.1, 0.15) is 26.6 Å². The van der Waals surface area contributed by atoms with Crippen molar-refractivity contribution in [3.63, 3.8) is 0 Å². The smallest absolute Gasteiger partial charge is 0.268 e. The van der Waals surface area contributed by atoms with Crippen molar-refractivity contribution in [3.8, 4) is 0 Å². The number of nitrogens with one attached hydrogen (secondary N) is 1. The second-order valence-corrected chi connectivity index (χ2v) is 5.00. The van der Waals surface area contributed by atoms with E-state index in [-0.39, 0.29) is 11.0 Å².